The number of nitrogens with zero attached hydrogens (tertiary/aromatic N) is 2. The van der Waals surface area contributed by atoms with Crippen LogP contribution in [0.5, 0.6) is 11.6 Å². The summed E-state index contributed by atoms with van der Waals surface area (Å²) in [7, 11) is 0. The van der Waals surface area contributed by atoms with Gasteiger partial charge in [0, 0.05) is 0 Å². The van der Waals surface area contributed by atoms with Gasteiger partial charge in [0.2, 0.25) is 5.88 Å². The lowest BCUT2D eigenvalue weighted by atomic mass is 10.2. The predicted molar refractivity (Wildman–Crippen MR) is 68.8 cm³/mol. The lowest BCUT2D eigenvalue weighted by molar-refractivity contribution is 0.455. The normalized spacial score (nSPS) is 10.1. The van der Waals surface area contributed by atoms with Crippen LogP contribution in [0.3, 0.4) is 0 Å². The first-order valence-electron chi connectivity index (χ1n) is 4.93. The number of para-hydroxylation sites is 1. The topological polar surface area (TPSA) is 73.1 Å². The van der Waals surface area contributed by atoms with Gasteiger partial charge in [0.1, 0.15) is 16.5 Å². The van der Waals surface area contributed by atoms with Gasteiger partial charge in [-0.05, 0) is 34.5 Å². The maximum Gasteiger partial charge on any atom is 0.238 e. The van der Waals surface area contributed by atoms with E-state index in [2.05, 4.69) is 31.3 Å². The van der Waals surface area contributed by atoms with Crippen molar-refractivity contribution in [2.45, 2.75) is 6.92 Å². The van der Waals surface area contributed by atoms with Gasteiger partial charge < -0.3 is 10.2 Å². The lowest BCUT2D eigenvalue weighted by Crippen LogP contribution is -2.09. The molecule has 1 aromatic heterocycles. The molecule has 5 nitrogen and oxygen atoms in total. The van der Waals surface area contributed by atoms with Gasteiger partial charge in [-0.1, -0.05) is 18.2 Å². The summed E-state index contributed by atoms with van der Waals surface area (Å²) < 4.78 is 6.28. The van der Waals surface area contributed by atoms with E-state index in [1.54, 1.807) is 0 Å². The number of nitrogens with one attached hydrogen (secondary N) is 1. The maximum atomic E-state index is 5.69. The van der Waals surface area contributed by atoms with Gasteiger partial charge in [0.25, 0.3) is 0 Å². The number of nitrogen functional groups attached to an aromatic ring is 1. The highest BCUT2D eigenvalue weighted by atomic mass is 79.9. The van der Waals surface area contributed by atoms with Crippen molar-refractivity contribution < 1.29 is 4.74 Å². The van der Waals surface area contributed by atoms with Crippen LogP contribution in [0.1, 0.15) is 5.56 Å². The van der Waals surface area contributed by atoms with Crippen LogP contribution < -0.4 is 16.0 Å². The number of anilines is 1. The molecule has 2 rings (SSSR count). The van der Waals surface area contributed by atoms with Crippen LogP contribution in [0.4, 0.5) is 5.82 Å². The van der Waals surface area contributed by atoms with Crippen molar-refractivity contribution in [3.8, 4) is 11.6 Å². The lowest BCUT2D eigenvalue weighted by Gasteiger charge is -2.10. The molecule has 0 atom stereocenters. The summed E-state index contributed by atoms with van der Waals surface area (Å²) in [5.41, 5.74) is 3.49. The SMILES string of the molecule is Cc1ccccc1Oc1ncnc(NN)c1Br. The van der Waals surface area contributed by atoms with Crippen LogP contribution >= 0.6 is 15.9 Å². The molecular weight excluding hydrogens is 284 g/mol. The summed E-state index contributed by atoms with van der Waals surface area (Å²) in [5, 5.41) is 0. The number of hydrogen-bond acceptors (Lipinski definition) is 5. The molecule has 0 saturated carbocycles. The maximum absolute atomic E-state index is 5.69. The molecule has 0 saturated heterocycles. The summed E-state index contributed by atoms with van der Waals surface area (Å²) in [6.07, 6.45) is 1.38. The van der Waals surface area contributed by atoms with Crippen molar-refractivity contribution in [2.24, 2.45) is 5.84 Å². The van der Waals surface area contributed by atoms with Crippen LogP contribution in [0, 0.1) is 6.92 Å². The number of halogens is 1. The summed E-state index contributed by atoms with van der Waals surface area (Å²) in [6.45, 7) is 1.96. The Hall–Kier alpha value is -1.66. The number of aryl methyl sites for hydroxylation is 1. The van der Waals surface area contributed by atoms with Crippen LogP contribution in [0.2, 0.25) is 0 Å². The van der Waals surface area contributed by atoms with Gasteiger partial charge in [-0.25, -0.2) is 15.8 Å². The molecule has 0 aliphatic rings. The van der Waals surface area contributed by atoms with Crippen LogP contribution in [-0.2, 0) is 0 Å². The highest BCUT2D eigenvalue weighted by molar-refractivity contribution is 9.10. The average Bonchev–Trinajstić information content (AvgIpc) is 2.34. The average molecular weight is 295 g/mol. The molecule has 1 heterocycles. The minimum atomic E-state index is 0.419. The van der Waals surface area contributed by atoms with Gasteiger partial charge in [0.15, 0.2) is 5.82 Å². The second kappa shape index (κ2) is 5.11. The third-order valence-electron chi connectivity index (χ3n) is 2.19. The van der Waals surface area contributed by atoms with Gasteiger partial charge in [-0.15, -0.1) is 0 Å². The van der Waals surface area contributed by atoms with Crippen LogP contribution in [-0.4, -0.2) is 9.97 Å². The summed E-state index contributed by atoms with van der Waals surface area (Å²) in [6, 6.07) is 7.69. The minimum absolute atomic E-state index is 0.419. The van der Waals surface area contributed by atoms with Crippen molar-refractivity contribution in [1.29, 1.82) is 0 Å². The van der Waals surface area contributed by atoms with E-state index in [1.807, 2.05) is 31.2 Å². The Kier molecular flexibility index (Phi) is 3.55. The fourth-order valence-corrected chi connectivity index (χ4v) is 1.70. The molecule has 3 N–H and O–H groups in total. The van der Waals surface area contributed by atoms with Crippen molar-refractivity contribution in [2.75, 3.05) is 5.43 Å². The Balaban J connectivity index is 2.34. The van der Waals surface area contributed by atoms with Gasteiger partial charge in [-0.3, -0.25) is 0 Å². The molecule has 6 heteroatoms. The number of benzene rings is 1. The largest absolute Gasteiger partial charge is 0.437 e. The molecule has 0 aliphatic carbocycles. The van der Waals surface area contributed by atoms with Crippen LogP contribution in [0.15, 0.2) is 35.1 Å². The van der Waals surface area contributed by atoms with E-state index in [0.29, 0.717) is 16.2 Å². The Labute approximate surface area is 107 Å². The molecular formula is C11H11BrN4O. The Morgan fingerprint density at radius 2 is 2.06 bits per heavy atom. The van der Waals surface area contributed by atoms with Crippen molar-refractivity contribution >= 4 is 21.7 Å². The van der Waals surface area contributed by atoms with Crippen molar-refractivity contribution in [3.63, 3.8) is 0 Å². The molecule has 2 aromatic rings. The molecule has 88 valence electrons. The molecule has 0 spiro atoms. The predicted octanol–water partition coefficient (Wildman–Crippen LogP) is 2.63. The number of ether oxygens (including phenoxy) is 1. The molecule has 0 unspecified atom stereocenters. The zero-order valence-electron chi connectivity index (χ0n) is 9.14. The summed E-state index contributed by atoms with van der Waals surface area (Å²) in [5.74, 6) is 6.96. The molecule has 17 heavy (non-hydrogen) atoms. The zero-order valence-corrected chi connectivity index (χ0v) is 10.7. The highest BCUT2D eigenvalue weighted by Gasteiger charge is 2.10. The van der Waals surface area contributed by atoms with E-state index in [-0.39, 0.29) is 0 Å². The minimum Gasteiger partial charge on any atom is -0.437 e. The van der Waals surface area contributed by atoms with E-state index < -0.39 is 0 Å². The number of nitrogens with two attached hydrogens (primary N) is 1. The standard InChI is InChI=1S/C11H11BrN4O/c1-7-4-2-3-5-8(7)17-11-9(12)10(16-13)14-6-15-11/h2-6H,13H2,1H3,(H,14,15,16). The molecule has 0 bridgehead atoms. The monoisotopic (exact) mass is 294 g/mol. The Bertz CT molecular complexity index is 533. The first kappa shape index (κ1) is 11.8. The van der Waals surface area contributed by atoms with E-state index in [9.17, 15) is 0 Å². The highest BCUT2D eigenvalue weighted by Crippen LogP contribution is 2.32. The fraction of sp³-hybridized carbons (Fsp3) is 0.0909. The van der Waals surface area contributed by atoms with Gasteiger partial charge >= 0.3 is 0 Å². The van der Waals surface area contributed by atoms with E-state index >= 15 is 0 Å². The van der Waals surface area contributed by atoms with Crippen molar-refractivity contribution in [1.82, 2.24) is 9.97 Å². The number of rotatable bonds is 3. The second-order valence-electron chi connectivity index (χ2n) is 3.35. The zero-order chi connectivity index (χ0) is 12.3. The first-order chi connectivity index (χ1) is 8.22. The molecule has 1 aromatic carbocycles. The Morgan fingerprint density at radius 3 is 2.76 bits per heavy atom. The summed E-state index contributed by atoms with van der Waals surface area (Å²) >= 11 is 3.33. The van der Waals surface area contributed by atoms with E-state index in [0.717, 1.165) is 11.3 Å². The number of aromatic nitrogens is 2. The molecule has 0 amide bonds. The molecule has 0 aliphatic heterocycles. The number of hydrogen-bond donors (Lipinski definition) is 2. The smallest absolute Gasteiger partial charge is 0.238 e. The first-order valence-corrected chi connectivity index (χ1v) is 5.72. The fourth-order valence-electron chi connectivity index (χ4n) is 1.30. The van der Waals surface area contributed by atoms with E-state index in [4.69, 9.17) is 10.6 Å². The summed E-state index contributed by atoms with van der Waals surface area (Å²) in [4.78, 5) is 7.99. The second-order valence-corrected chi connectivity index (χ2v) is 4.15. The molecule has 0 fully saturated rings. The quantitative estimate of drug-likeness (QED) is 0.672. The number of hydrazine groups is 1. The van der Waals surface area contributed by atoms with Gasteiger partial charge in [0.05, 0.1) is 0 Å². The molecule has 0 radical (unpaired) electrons. The third kappa shape index (κ3) is 2.54. The van der Waals surface area contributed by atoms with Crippen molar-refractivity contribution in [3.05, 3.63) is 40.6 Å². The Morgan fingerprint density at radius 1 is 1.29 bits per heavy atom. The third-order valence-corrected chi connectivity index (χ3v) is 2.91. The van der Waals surface area contributed by atoms with Crippen LogP contribution in [0.25, 0.3) is 0 Å². The van der Waals surface area contributed by atoms with E-state index in [1.165, 1.54) is 6.33 Å². The van der Waals surface area contributed by atoms with Gasteiger partial charge in [-0.2, -0.15) is 0 Å².